The van der Waals surface area contributed by atoms with Gasteiger partial charge in [-0.05, 0) is 43.5 Å². The standard InChI is InChI=1S/C17H20N4O.C2HF3O2/c1-11-12(2)20-17(19-11)16-9-14(6-7-18-16)15-5-4-8-21(10-15)13(3)22;3-2(4,5)1(6)7/h5-7,9H,4,8,10H2,1-3H3,(H,19,20);(H,6,7). The van der Waals surface area contributed by atoms with Gasteiger partial charge in [-0.2, -0.15) is 13.2 Å². The van der Waals surface area contributed by atoms with Crippen molar-refractivity contribution in [1.82, 2.24) is 19.9 Å². The summed E-state index contributed by atoms with van der Waals surface area (Å²) in [6.45, 7) is 7.06. The average molecular weight is 410 g/mol. The number of amides is 1. The number of aromatic nitrogens is 3. The summed E-state index contributed by atoms with van der Waals surface area (Å²) in [5, 5.41) is 7.12. The van der Waals surface area contributed by atoms with E-state index in [2.05, 4.69) is 21.0 Å². The van der Waals surface area contributed by atoms with Crippen LogP contribution in [0.25, 0.3) is 17.1 Å². The first-order valence-electron chi connectivity index (χ1n) is 8.73. The minimum Gasteiger partial charge on any atom is -0.475 e. The molecular weight excluding hydrogens is 389 g/mol. The Morgan fingerprint density at radius 3 is 2.45 bits per heavy atom. The van der Waals surface area contributed by atoms with Gasteiger partial charge in [-0.1, -0.05) is 6.08 Å². The van der Waals surface area contributed by atoms with E-state index >= 15 is 0 Å². The van der Waals surface area contributed by atoms with Crippen LogP contribution in [0.5, 0.6) is 0 Å². The second-order valence-corrected chi connectivity index (χ2v) is 6.49. The first kappa shape index (κ1) is 22.1. The molecule has 1 aliphatic heterocycles. The fraction of sp³-hybridized carbons (Fsp3) is 0.368. The smallest absolute Gasteiger partial charge is 0.475 e. The quantitative estimate of drug-likeness (QED) is 0.791. The molecule has 2 aromatic rings. The number of nitrogens with zero attached hydrogens (tertiary/aromatic N) is 3. The van der Waals surface area contributed by atoms with E-state index in [0.29, 0.717) is 6.54 Å². The SMILES string of the molecule is CC(=O)N1CCC=C(c2ccnc(-c3nc(C)c(C)[nH]3)c2)C1.O=C(O)C(F)(F)F. The highest BCUT2D eigenvalue weighted by Crippen LogP contribution is 2.24. The van der Waals surface area contributed by atoms with Crippen LogP contribution < -0.4 is 0 Å². The molecule has 0 saturated carbocycles. The molecule has 0 fully saturated rings. The van der Waals surface area contributed by atoms with E-state index in [1.807, 2.05) is 30.9 Å². The number of H-pyrrole nitrogens is 1. The van der Waals surface area contributed by atoms with Crippen LogP contribution in [0, 0.1) is 13.8 Å². The van der Waals surface area contributed by atoms with Crippen LogP contribution in [0.15, 0.2) is 24.4 Å². The molecule has 3 rings (SSSR count). The van der Waals surface area contributed by atoms with Crippen molar-refractivity contribution >= 4 is 17.4 Å². The number of carbonyl (C=O) groups excluding carboxylic acids is 1. The van der Waals surface area contributed by atoms with E-state index in [1.54, 1.807) is 13.1 Å². The number of aliphatic carboxylic acids is 1. The van der Waals surface area contributed by atoms with Gasteiger partial charge in [0, 0.05) is 31.9 Å². The van der Waals surface area contributed by atoms with E-state index in [4.69, 9.17) is 9.90 Å². The van der Waals surface area contributed by atoms with Crippen LogP contribution in [-0.2, 0) is 9.59 Å². The van der Waals surface area contributed by atoms with Crippen molar-refractivity contribution in [1.29, 1.82) is 0 Å². The number of aromatic amines is 1. The normalized spacial score (nSPS) is 14.0. The first-order chi connectivity index (χ1) is 13.5. The zero-order valence-electron chi connectivity index (χ0n) is 16.2. The third-order valence-corrected chi connectivity index (χ3v) is 4.34. The summed E-state index contributed by atoms with van der Waals surface area (Å²) in [4.78, 5) is 34.5. The van der Waals surface area contributed by atoms with Gasteiger partial charge in [0.2, 0.25) is 5.91 Å². The molecule has 0 aromatic carbocycles. The van der Waals surface area contributed by atoms with Gasteiger partial charge in [-0.15, -0.1) is 0 Å². The Labute approximate surface area is 165 Å². The van der Waals surface area contributed by atoms with E-state index in [9.17, 15) is 18.0 Å². The molecule has 0 radical (unpaired) electrons. The lowest BCUT2D eigenvalue weighted by atomic mass is 10.0. The summed E-state index contributed by atoms with van der Waals surface area (Å²) in [6.07, 6.45) is -0.186. The van der Waals surface area contributed by atoms with Gasteiger partial charge in [0.1, 0.15) is 5.69 Å². The molecule has 156 valence electrons. The fourth-order valence-corrected chi connectivity index (χ4v) is 2.65. The molecule has 0 spiro atoms. The summed E-state index contributed by atoms with van der Waals surface area (Å²) >= 11 is 0. The zero-order valence-corrected chi connectivity index (χ0v) is 16.2. The van der Waals surface area contributed by atoms with E-state index < -0.39 is 12.1 Å². The Hall–Kier alpha value is -3.17. The van der Waals surface area contributed by atoms with Gasteiger partial charge in [-0.3, -0.25) is 9.78 Å². The molecule has 2 aromatic heterocycles. The molecule has 1 amide bonds. The van der Waals surface area contributed by atoms with Gasteiger partial charge in [0.25, 0.3) is 0 Å². The molecular formula is C19H21F3N4O3. The molecule has 2 N–H and O–H groups in total. The molecule has 0 aliphatic carbocycles. The van der Waals surface area contributed by atoms with Gasteiger partial charge in [0.15, 0.2) is 5.82 Å². The number of carbonyl (C=O) groups is 2. The number of nitrogens with one attached hydrogen (secondary N) is 1. The lowest BCUT2D eigenvalue weighted by Crippen LogP contribution is -2.33. The average Bonchev–Trinajstić information content (AvgIpc) is 3.00. The molecule has 0 unspecified atom stereocenters. The third kappa shape index (κ3) is 5.90. The number of halogens is 3. The number of aryl methyl sites for hydroxylation is 2. The highest BCUT2D eigenvalue weighted by atomic mass is 19.4. The summed E-state index contributed by atoms with van der Waals surface area (Å²) in [5.41, 5.74) is 5.14. The zero-order chi connectivity index (χ0) is 21.8. The Kier molecular flexibility index (Phi) is 6.78. The summed E-state index contributed by atoms with van der Waals surface area (Å²) in [7, 11) is 0. The fourth-order valence-electron chi connectivity index (χ4n) is 2.65. The number of rotatable bonds is 2. The summed E-state index contributed by atoms with van der Waals surface area (Å²) in [6, 6.07) is 4.02. The van der Waals surface area contributed by atoms with E-state index in [-0.39, 0.29) is 5.91 Å². The Morgan fingerprint density at radius 2 is 1.93 bits per heavy atom. The van der Waals surface area contributed by atoms with Crippen molar-refractivity contribution in [3.63, 3.8) is 0 Å². The van der Waals surface area contributed by atoms with E-state index in [0.717, 1.165) is 41.4 Å². The van der Waals surface area contributed by atoms with Gasteiger partial charge < -0.3 is 15.0 Å². The van der Waals surface area contributed by atoms with Gasteiger partial charge >= 0.3 is 12.1 Å². The minimum atomic E-state index is -5.08. The van der Waals surface area contributed by atoms with Crippen LogP contribution in [0.4, 0.5) is 13.2 Å². The molecule has 7 nitrogen and oxygen atoms in total. The van der Waals surface area contributed by atoms with Crippen LogP contribution in [0.2, 0.25) is 0 Å². The number of carboxylic acid groups (broad SMARTS) is 1. The van der Waals surface area contributed by atoms with Crippen molar-refractivity contribution in [3.05, 3.63) is 41.4 Å². The van der Waals surface area contributed by atoms with Crippen molar-refractivity contribution in [3.8, 4) is 11.5 Å². The molecule has 1 aliphatic rings. The second kappa shape index (κ2) is 8.89. The Bertz CT molecular complexity index is 916. The highest BCUT2D eigenvalue weighted by Gasteiger charge is 2.38. The molecule has 10 heteroatoms. The minimum absolute atomic E-state index is 0.122. The van der Waals surface area contributed by atoms with Crippen LogP contribution >= 0.6 is 0 Å². The van der Waals surface area contributed by atoms with E-state index in [1.165, 1.54) is 5.57 Å². The number of pyridine rings is 1. The molecule has 0 bridgehead atoms. The highest BCUT2D eigenvalue weighted by molar-refractivity contribution is 5.78. The maximum absolute atomic E-state index is 11.6. The van der Waals surface area contributed by atoms with Crippen molar-refractivity contribution in [2.24, 2.45) is 0 Å². The number of hydrogen-bond acceptors (Lipinski definition) is 4. The lowest BCUT2D eigenvalue weighted by molar-refractivity contribution is -0.192. The number of hydrogen-bond donors (Lipinski definition) is 2. The van der Waals surface area contributed by atoms with Gasteiger partial charge in [0.05, 0.1) is 5.69 Å². The van der Waals surface area contributed by atoms with Crippen LogP contribution in [-0.4, -0.2) is 56.1 Å². The molecule has 29 heavy (non-hydrogen) atoms. The maximum Gasteiger partial charge on any atom is 0.490 e. The Balaban J connectivity index is 0.000000370. The summed E-state index contributed by atoms with van der Waals surface area (Å²) < 4.78 is 31.7. The van der Waals surface area contributed by atoms with Crippen molar-refractivity contribution in [2.45, 2.75) is 33.4 Å². The number of carboxylic acids is 1. The maximum atomic E-state index is 11.6. The molecule has 0 saturated heterocycles. The topological polar surface area (TPSA) is 99.2 Å². The Morgan fingerprint density at radius 1 is 1.28 bits per heavy atom. The van der Waals surface area contributed by atoms with Crippen LogP contribution in [0.3, 0.4) is 0 Å². The lowest BCUT2D eigenvalue weighted by Gasteiger charge is -2.26. The summed E-state index contributed by atoms with van der Waals surface area (Å²) in [5.74, 6) is -1.85. The first-order valence-corrected chi connectivity index (χ1v) is 8.73. The van der Waals surface area contributed by atoms with Crippen molar-refractivity contribution < 1.29 is 27.9 Å². The largest absolute Gasteiger partial charge is 0.490 e. The number of alkyl halides is 3. The van der Waals surface area contributed by atoms with Crippen molar-refractivity contribution in [2.75, 3.05) is 13.1 Å². The molecule has 0 atom stereocenters. The number of imidazole rings is 1. The monoisotopic (exact) mass is 410 g/mol. The predicted molar refractivity (Wildman–Crippen MR) is 99.8 cm³/mol. The van der Waals surface area contributed by atoms with Crippen LogP contribution in [0.1, 0.15) is 30.3 Å². The predicted octanol–water partition coefficient (Wildman–Crippen LogP) is 3.36. The molecule has 3 heterocycles. The second-order valence-electron chi connectivity index (χ2n) is 6.49. The van der Waals surface area contributed by atoms with Gasteiger partial charge in [-0.25, -0.2) is 9.78 Å². The third-order valence-electron chi connectivity index (χ3n) is 4.34.